The summed E-state index contributed by atoms with van der Waals surface area (Å²) in [6, 6.07) is -0.892. The summed E-state index contributed by atoms with van der Waals surface area (Å²) in [5.41, 5.74) is 0. The molecule has 124 valence electrons. The predicted octanol–water partition coefficient (Wildman–Crippen LogP) is 2.33. The van der Waals surface area contributed by atoms with Gasteiger partial charge in [-0.25, -0.2) is 0 Å². The number of carbonyl (C=O) groups is 2. The molecule has 0 aromatic rings. The molecule has 0 saturated heterocycles. The van der Waals surface area contributed by atoms with E-state index in [1.54, 1.807) is 6.92 Å². The van der Waals surface area contributed by atoms with E-state index in [1.165, 1.54) is 6.42 Å². The Morgan fingerprint density at radius 2 is 1.90 bits per heavy atom. The number of amides is 1. The molecule has 1 aliphatic carbocycles. The number of carboxylic acids is 1. The summed E-state index contributed by atoms with van der Waals surface area (Å²) in [5, 5.41) is 15.1. The molecule has 1 amide bonds. The van der Waals surface area contributed by atoms with Crippen LogP contribution in [0.3, 0.4) is 0 Å². The molecular weight excluding hydrogens is 292 g/mol. The van der Waals surface area contributed by atoms with E-state index in [9.17, 15) is 9.59 Å². The molecule has 1 aliphatic rings. The van der Waals surface area contributed by atoms with Gasteiger partial charge in [0.05, 0.1) is 6.04 Å². The fourth-order valence-corrected chi connectivity index (χ4v) is 2.78. The number of hydrogen-bond acceptors (Lipinski definition) is 3. The minimum absolute atomic E-state index is 0. The first kappa shape index (κ1) is 20.2. The van der Waals surface area contributed by atoms with Crippen LogP contribution in [-0.4, -0.2) is 35.1 Å². The second kappa shape index (κ2) is 10.0. The van der Waals surface area contributed by atoms with E-state index in [0.717, 1.165) is 25.7 Å². The van der Waals surface area contributed by atoms with Crippen molar-refractivity contribution in [3.8, 4) is 0 Å². The number of carbonyl (C=O) groups excluding carboxylic acids is 1. The van der Waals surface area contributed by atoms with E-state index >= 15 is 0 Å². The minimum atomic E-state index is -0.891. The third kappa shape index (κ3) is 6.66. The molecule has 6 heteroatoms. The van der Waals surface area contributed by atoms with Crippen molar-refractivity contribution in [3.05, 3.63) is 0 Å². The number of aliphatic carboxylic acids is 1. The number of halogens is 1. The van der Waals surface area contributed by atoms with Gasteiger partial charge in [0.2, 0.25) is 5.91 Å². The van der Waals surface area contributed by atoms with Crippen LogP contribution in [-0.2, 0) is 9.59 Å². The molecule has 0 heterocycles. The van der Waals surface area contributed by atoms with Gasteiger partial charge in [-0.1, -0.05) is 33.1 Å². The molecule has 21 heavy (non-hydrogen) atoms. The highest BCUT2D eigenvalue weighted by molar-refractivity contribution is 5.85. The largest absolute Gasteiger partial charge is 0.480 e. The maximum Gasteiger partial charge on any atom is 0.320 e. The van der Waals surface area contributed by atoms with E-state index < -0.39 is 18.1 Å². The highest BCUT2D eigenvalue weighted by Crippen LogP contribution is 2.23. The fourth-order valence-electron chi connectivity index (χ4n) is 2.78. The molecule has 1 rings (SSSR count). The first-order chi connectivity index (χ1) is 9.45. The van der Waals surface area contributed by atoms with Crippen LogP contribution in [0, 0.1) is 5.92 Å². The second-order valence-corrected chi connectivity index (χ2v) is 5.94. The van der Waals surface area contributed by atoms with Crippen molar-refractivity contribution in [2.45, 2.75) is 77.4 Å². The lowest BCUT2D eigenvalue weighted by Crippen LogP contribution is -2.52. The fraction of sp³-hybridized carbons (Fsp3) is 0.867. The average molecular weight is 321 g/mol. The standard InChI is InChI=1S/C15H28N2O3.ClH/c1-4-7-13(15(19)20)16-11(3)14(18)17-12-9-6-5-8-10(12)2;/h10-13,16H,4-9H2,1-3H3,(H,17,18)(H,19,20);1H. The molecule has 0 aliphatic heterocycles. The monoisotopic (exact) mass is 320 g/mol. The molecule has 0 bridgehead atoms. The lowest BCUT2D eigenvalue weighted by molar-refractivity contribution is -0.140. The summed E-state index contributed by atoms with van der Waals surface area (Å²) in [7, 11) is 0. The van der Waals surface area contributed by atoms with E-state index in [2.05, 4.69) is 17.6 Å². The second-order valence-electron chi connectivity index (χ2n) is 5.94. The molecule has 4 unspecified atom stereocenters. The first-order valence-electron chi connectivity index (χ1n) is 7.75. The van der Waals surface area contributed by atoms with Gasteiger partial charge < -0.3 is 10.4 Å². The molecule has 4 atom stereocenters. The number of hydrogen-bond donors (Lipinski definition) is 3. The summed E-state index contributed by atoms with van der Waals surface area (Å²) in [6.45, 7) is 5.83. The summed E-state index contributed by atoms with van der Waals surface area (Å²) in [6.07, 6.45) is 5.88. The van der Waals surface area contributed by atoms with Crippen LogP contribution in [0.25, 0.3) is 0 Å². The molecule has 5 nitrogen and oxygen atoms in total. The number of carboxylic acid groups (broad SMARTS) is 1. The Labute approximate surface area is 133 Å². The highest BCUT2D eigenvalue weighted by atomic mass is 35.5. The minimum Gasteiger partial charge on any atom is -0.480 e. The van der Waals surface area contributed by atoms with Crippen LogP contribution < -0.4 is 10.6 Å². The van der Waals surface area contributed by atoms with Crippen molar-refractivity contribution in [1.29, 1.82) is 0 Å². The third-order valence-corrected chi connectivity index (χ3v) is 4.16. The van der Waals surface area contributed by atoms with Crippen LogP contribution in [0.5, 0.6) is 0 Å². The quantitative estimate of drug-likeness (QED) is 0.672. The molecule has 0 aromatic heterocycles. The van der Waals surface area contributed by atoms with Gasteiger partial charge in [0.25, 0.3) is 0 Å². The van der Waals surface area contributed by atoms with Crippen LogP contribution >= 0.6 is 12.4 Å². The molecule has 1 saturated carbocycles. The topological polar surface area (TPSA) is 78.4 Å². The summed E-state index contributed by atoms with van der Waals surface area (Å²) >= 11 is 0. The Morgan fingerprint density at radius 3 is 2.43 bits per heavy atom. The van der Waals surface area contributed by atoms with Crippen molar-refractivity contribution in [3.63, 3.8) is 0 Å². The van der Waals surface area contributed by atoms with Crippen molar-refractivity contribution in [2.24, 2.45) is 5.92 Å². The Kier molecular flexibility index (Phi) is 9.62. The van der Waals surface area contributed by atoms with Gasteiger partial charge in [-0.2, -0.15) is 0 Å². The third-order valence-electron chi connectivity index (χ3n) is 4.16. The summed E-state index contributed by atoms with van der Waals surface area (Å²) in [5.74, 6) is -0.477. The average Bonchev–Trinajstić information content (AvgIpc) is 2.40. The van der Waals surface area contributed by atoms with E-state index in [-0.39, 0.29) is 24.4 Å². The Hall–Kier alpha value is -0.810. The molecule has 0 radical (unpaired) electrons. The Balaban J connectivity index is 0.00000400. The van der Waals surface area contributed by atoms with Gasteiger partial charge in [-0.3, -0.25) is 14.9 Å². The van der Waals surface area contributed by atoms with E-state index in [0.29, 0.717) is 12.3 Å². The highest BCUT2D eigenvalue weighted by Gasteiger charge is 2.27. The van der Waals surface area contributed by atoms with Crippen molar-refractivity contribution in [1.82, 2.24) is 10.6 Å². The lowest BCUT2D eigenvalue weighted by atomic mass is 9.86. The molecule has 0 aromatic carbocycles. The zero-order chi connectivity index (χ0) is 15.1. The van der Waals surface area contributed by atoms with Crippen LogP contribution in [0.2, 0.25) is 0 Å². The molecular formula is C15H29ClN2O3. The zero-order valence-corrected chi connectivity index (χ0v) is 14.0. The maximum absolute atomic E-state index is 12.2. The predicted molar refractivity (Wildman–Crippen MR) is 85.7 cm³/mol. The smallest absolute Gasteiger partial charge is 0.320 e. The van der Waals surface area contributed by atoms with Crippen LogP contribution in [0.15, 0.2) is 0 Å². The maximum atomic E-state index is 12.2. The lowest BCUT2D eigenvalue weighted by Gasteiger charge is -2.31. The number of rotatable bonds is 7. The molecule has 1 fully saturated rings. The SMILES string of the molecule is CCCC(NC(C)C(=O)NC1CCCCC1C)C(=O)O.Cl. The molecule has 0 spiro atoms. The van der Waals surface area contributed by atoms with Gasteiger partial charge in [-0.15, -0.1) is 12.4 Å². The van der Waals surface area contributed by atoms with Crippen molar-refractivity contribution < 1.29 is 14.7 Å². The van der Waals surface area contributed by atoms with Gasteiger partial charge >= 0.3 is 5.97 Å². The van der Waals surface area contributed by atoms with Crippen molar-refractivity contribution >= 4 is 24.3 Å². The molecule has 3 N–H and O–H groups in total. The summed E-state index contributed by atoms with van der Waals surface area (Å²) in [4.78, 5) is 23.2. The van der Waals surface area contributed by atoms with Gasteiger partial charge in [0, 0.05) is 6.04 Å². The van der Waals surface area contributed by atoms with Gasteiger partial charge in [-0.05, 0) is 32.1 Å². The van der Waals surface area contributed by atoms with Gasteiger partial charge in [0.1, 0.15) is 6.04 Å². The van der Waals surface area contributed by atoms with Gasteiger partial charge in [0.15, 0.2) is 0 Å². The Morgan fingerprint density at radius 1 is 1.29 bits per heavy atom. The van der Waals surface area contributed by atoms with Crippen LogP contribution in [0.1, 0.15) is 59.3 Å². The van der Waals surface area contributed by atoms with Crippen LogP contribution in [0.4, 0.5) is 0 Å². The summed E-state index contributed by atoms with van der Waals surface area (Å²) < 4.78 is 0. The number of nitrogens with one attached hydrogen (secondary N) is 2. The Bertz CT molecular complexity index is 339. The van der Waals surface area contributed by atoms with Crippen molar-refractivity contribution in [2.75, 3.05) is 0 Å². The first-order valence-corrected chi connectivity index (χ1v) is 7.75. The zero-order valence-electron chi connectivity index (χ0n) is 13.2. The van der Waals surface area contributed by atoms with E-state index in [4.69, 9.17) is 5.11 Å². The normalized spacial score (nSPS) is 24.5. The van der Waals surface area contributed by atoms with E-state index in [1.807, 2.05) is 6.92 Å².